The number of hydroxylamine groups is 1. The SMILES string of the molecule is CCC(C)(C)C(=O)ON(C(=O)c1ccc(N2CCN(CC3=C(c4ccc(Cl)cc4)CC(C)(C)CC3)CC2)cc1Oc1cnc2[nH]ccc2c1)S(=O)(=O)c1ccc(OCC2(F)CCOCC2)c([N+](=O)[O-])c1. The number of hydrogen-bond donors (Lipinski definition) is 1. The normalized spacial score (nSPS) is 17.6. The van der Waals surface area contributed by atoms with Gasteiger partial charge in [0, 0.05) is 93.2 Å². The lowest BCUT2D eigenvalue weighted by Crippen LogP contribution is -2.47. The number of piperazine rings is 1. The third-order valence-electron chi connectivity index (χ3n) is 13.6. The van der Waals surface area contributed by atoms with Crippen LogP contribution in [0.3, 0.4) is 0 Å². The van der Waals surface area contributed by atoms with E-state index in [-0.39, 0.29) is 59.4 Å². The second-order valence-electron chi connectivity index (χ2n) is 19.7. The second kappa shape index (κ2) is 20.3. The molecule has 2 saturated heterocycles. The molecular formula is C51H58ClFN6O10S. The molecule has 8 rings (SSSR count). The number of nitro groups is 1. The first-order chi connectivity index (χ1) is 33.2. The fraction of sp³-hybridized carbons (Fsp3) is 0.431. The van der Waals surface area contributed by atoms with Gasteiger partial charge in [-0.3, -0.25) is 19.8 Å². The molecule has 0 bridgehead atoms. The van der Waals surface area contributed by atoms with Crippen molar-refractivity contribution in [1.82, 2.24) is 19.3 Å². The van der Waals surface area contributed by atoms with Crippen molar-refractivity contribution in [2.45, 2.75) is 83.7 Å². The molecule has 0 atom stereocenters. The summed E-state index contributed by atoms with van der Waals surface area (Å²) in [4.78, 5) is 56.9. The number of nitrogens with zero attached hydrogens (tertiary/aromatic N) is 5. The third-order valence-corrected chi connectivity index (χ3v) is 15.4. The number of rotatable bonds is 15. The summed E-state index contributed by atoms with van der Waals surface area (Å²) < 4.78 is 61.9. The Morgan fingerprint density at radius 2 is 1.71 bits per heavy atom. The number of carbonyl (C=O) groups excluding carboxylic acids is 2. The van der Waals surface area contributed by atoms with Gasteiger partial charge in [0.2, 0.25) is 0 Å². The minimum Gasteiger partial charge on any atom is -0.483 e. The standard InChI is InChI=1S/C51H58ClFN6O10S/c1-6-50(4,5)48(61)69-59(70(64,65)40-12-14-44(43(29-40)58(62)63)67-33-51(53)18-25-66-26-19-51)47(60)41-13-11-38(28-45(41)68-39-27-35-16-20-54-46(35)55-31-39)57-23-21-56(22-24-57)32-36-15-17-49(2,3)30-42(36)34-7-9-37(52)10-8-34/h7-14,16,20,27-29,31H,6,15,17-19,21-26,30,32-33H2,1-5H3,(H,54,55). The number of carbonyl (C=O) groups is 2. The van der Waals surface area contributed by atoms with Crippen LogP contribution in [-0.2, 0) is 24.4 Å². The number of fused-ring (bicyclic) bond motifs is 1. The molecule has 19 heteroatoms. The molecule has 372 valence electrons. The smallest absolute Gasteiger partial charge is 0.339 e. The Hall–Kier alpha value is -6.08. The van der Waals surface area contributed by atoms with E-state index in [1.54, 1.807) is 37.4 Å². The number of pyridine rings is 1. The van der Waals surface area contributed by atoms with Crippen molar-refractivity contribution in [3.05, 3.63) is 117 Å². The van der Waals surface area contributed by atoms with Gasteiger partial charge < -0.3 is 28.9 Å². The maximum atomic E-state index is 15.4. The number of nitro benzene ring substituents is 1. The van der Waals surface area contributed by atoms with Crippen molar-refractivity contribution in [3.8, 4) is 17.2 Å². The van der Waals surface area contributed by atoms with Crippen molar-refractivity contribution in [3.63, 3.8) is 0 Å². The number of H-pyrrole nitrogens is 1. The minimum atomic E-state index is -5.23. The molecule has 5 aromatic rings. The van der Waals surface area contributed by atoms with Gasteiger partial charge in [0.1, 0.15) is 29.4 Å². The van der Waals surface area contributed by atoms with E-state index in [9.17, 15) is 28.1 Å². The predicted octanol–water partition coefficient (Wildman–Crippen LogP) is 10.3. The van der Waals surface area contributed by atoms with Crippen LogP contribution < -0.4 is 14.4 Å². The van der Waals surface area contributed by atoms with Crippen molar-refractivity contribution in [1.29, 1.82) is 0 Å². The summed E-state index contributed by atoms with van der Waals surface area (Å²) >= 11 is 6.26. The van der Waals surface area contributed by atoms with Crippen LogP contribution in [0.4, 0.5) is 15.8 Å². The summed E-state index contributed by atoms with van der Waals surface area (Å²) in [6, 6.07) is 18.9. The summed E-state index contributed by atoms with van der Waals surface area (Å²) in [6.45, 7) is 12.7. The number of halogens is 2. The van der Waals surface area contributed by atoms with Crippen LogP contribution in [-0.4, -0.2) is 103 Å². The average molecular weight is 1000 g/mol. The van der Waals surface area contributed by atoms with Crippen molar-refractivity contribution in [2.75, 3.05) is 57.4 Å². The highest BCUT2D eigenvalue weighted by atomic mass is 35.5. The van der Waals surface area contributed by atoms with Crippen molar-refractivity contribution >= 4 is 61.5 Å². The highest BCUT2D eigenvalue weighted by Crippen LogP contribution is 2.44. The van der Waals surface area contributed by atoms with E-state index in [0.29, 0.717) is 40.9 Å². The molecule has 0 spiro atoms. The number of aromatic nitrogens is 2. The average Bonchev–Trinajstić information content (AvgIpc) is 3.81. The van der Waals surface area contributed by atoms with Crippen LogP contribution >= 0.6 is 11.6 Å². The maximum absolute atomic E-state index is 15.4. The Labute approximate surface area is 411 Å². The molecule has 1 amide bonds. The molecule has 1 N–H and O–H groups in total. The molecule has 0 radical (unpaired) electrons. The molecule has 4 heterocycles. The zero-order chi connectivity index (χ0) is 50.0. The number of benzene rings is 3. The molecule has 2 fully saturated rings. The lowest BCUT2D eigenvalue weighted by molar-refractivity contribution is -0.386. The quantitative estimate of drug-likeness (QED) is 0.0772. The van der Waals surface area contributed by atoms with E-state index in [2.05, 4.69) is 45.7 Å². The molecule has 16 nitrogen and oxygen atoms in total. The Balaban J connectivity index is 1.10. The summed E-state index contributed by atoms with van der Waals surface area (Å²) in [5, 5.41) is 13.8. The molecule has 70 heavy (non-hydrogen) atoms. The number of nitrogens with one attached hydrogen (secondary N) is 1. The number of alkyl halides is 1. The molecule has 1 aliphatic carbocycles. The Morgan fingerprint density at radius 3 is 2.41 bits per heavy atom. The van der Waals surface area contributed by atoms with Gasteiger partial charge in [-0.25, -0.2) is 14.2 Å². The van der Waals surface area contributed by atoms with Crippen LogP contribution in [0.25, 0.3) is 16.6 Å². The number of allylic oxidation sites excluding steroid dienone is 1. The largest absolute Gasteiger partial charge is 0.483 e. The van der Waals surface area contributed by atoms with Gasteiger partial charge in [0.05, 0.1) is 27.0 Å². The third kappa shape index (κ3) is 11.3. The lowest BCUT2D eigenvalue weighted by atomic mass is 9.72. The fourth-order valence-electron chi connectivity index (χ4n) is 8.72. The van der Waals surface area contributed by atoms with Gasteiger partial charge in [-0.15, -0.1) is 0 Å². The van der Waals surface area contributed by atoms with E-state index >= 15 is 4.39 Å². The first kappa shape index (κ1) is 50.3. The van der Waals surface area contributed by atoms with Crippen LogP contribution in [0.2, 0.25) is 5.02 Å². The molecule has 3 aliphatic rings. The molecule has 2 aliphatic heterocycles. The van der Waals surface area contributed by atoms with Gasteiger partial charge in [-0.05, 0) is 109 Å². The van der Waals surface area contributed by atoms with E-state index in [4.69, 9.17) is 30.6 Å². The summed E-state index contributed by atoms with van der Waals surface area (Å²) in [6.07, 6.45) is 6.44. The Bertz CT molecular complexity index is 2910. The maximum Gasteiger partial charge on any atom is 0.339 e. The van der Waals surface area contributed by atoms with Gasteiger partial charge in [-0.1, -0.05) is 50.1 Å². The molecule has 0 unspecified atom stereocenters. The molecular weight excluding hydrogens is 943 g/mol. The van der Waals surface area contributed by atoms with Crippen LogP contribution in [0.5, 0.6) is 17.2 Å². The molecule has 3 aromatic carbocycles. The first-order valence-corrected chi connectivity index (χ1v) is 25.3. The summed E-state index contributed by atoms with van der Waals surface area (Å²) in [5.41, 5.74) is 1.22. The molecule has 0 saturated carbocycles. The number of ether oxygens (including phenoxy) is 3. The van der Waals surface area contributed by atoms with E-state index in [1.807, 2.05) is 12.1 Å². The van der Waals surface area contributed by atoms with Gasteiger partial charge in [0.25, 0.3) is 10.0 Å². The fourth-order valence-corrected chi connectivity index (χ4v) is 10.0. The number of sulfonamides is 1. The monoisotopic (exact) mass is 1000 g/mol. The number of anilines is 1. The summed E-state index contributed by atoms with van der Waals surface area (Å²) in [7, 11) is -5.23. The van der Waals surface area contributed by atoms with E-state index < -0.39 is 60.8 Å². The van der Waals surface area contributed by atoms with E-state index in [1.165, 1.54) is 42.8 Å². The lowest BCUT2D eigenvalue weighted by Gasteiger charge is -2.39. The van der Waals surface area contributed by atoms with Gasteiger partial charge in [0.15, 0.2) is 5.75 Å². The zero-order valence-electron chi connectivity index (χ0n) is 40.0. The van der Waals surface area contributed by atoms with Crippen LogP contribution in [0, 0.1) is 20.9 Å². The van der Waals surface area contributed by atoms with Crippen LogP contribution in [0.15, 0.2) is 95.7 Å². The highest BCUT2D eigenvalue weighted by Gasteiger charge is 2.41. The topological polar surface area (TPSA) is 187 Å². The highest BCUT2D eigenvalue weighted by molar-refractivity contribution is 7.89. The van der Waals surface area contributed by atoms with E-state index in [0.717, 1.165) is 51.0 Å². The predicted molar refractivity (Wildman–Crippen MR) is 263 cm³/mol. The zero-order valence-corrected chi connectivity index (χ0v) is 41.5. The first-order valence-electron chi connectivity index (χ1n) is 23.4. The Kier molecular flexibility index (Phi) is 14.6. The number of amides is 1. The summed E-state index contributed by atoms with van der Waals surface area (Å²) in [5.74, 6) is -2.61. The van der Waals surface area contributed by atoms with Crippen molar-refractivity contribution < 1.29 is 46.4 Å². The van der Waals surface area contributed by atoms with Gasteiger partial charge in [-0.2, -0.15) is 8.42 Å². The minimum absolute atomic E-state index is 0.00885. The number of hydrogen-bond acceptors (Lipinski definition) is 13. The number of aromatic amines is 1. The van der Waals surface area contributed by atoms with Crippen LogP contribution in [0.1, 0.15) is 89.1 Å². The second-order valence-corrected chi connectivity index (χ2v) is 21.8. The molecule has 2 aromatic heterocycles. The van der Waals surface area contributed by atoms with Gasteiger partial charge >= 0.3 is 17.6 Å². The Morgan fingerprint density at radius 1 is 0.986 bits per heavy atom. The van der Waals surface area contributed by atoms with Crippen molar-refractivity contribution in [2.24, 2.45) is 10.8 Å².